The zero-order chi connectivity index (χ0) is 22.5. The highest BCUT2D eigenvalue weighted by Gasteiger charge is 2.44. The molecular weight excluding hydrogens is 452 g/mol. The molecular formula is C24H26Cl2NO3P. The van der Waals surface area contributed by atoms with E-state index in [4.69, 9.17) is 32.2 Å². The zero-order valence-corrected chi connectivity index (χ0v) is 20.6. The molecule has 3 unspecified atom stereocenters. The van der Waals surface area contributed by atoms with Crippen LogP contribution in [0.4, 0.5) is 0 Å². The molecule has 1 heterocycles. The van der Waals surface area contributed by atoms with E-state index in [2.05, 4.69) is 5.09 Å². The maximum atomic E-state index is 14.0. The summed E-state index contributed by atoms with van der Waals surface area (Å²) in [5.74, 6) is 0.778. The predicted octanol–water partition coefficient (Wildman–Crippen LogP) is 7.95. The number of hydrogen-bond acceptors (Lipinski definition) is 3. The van der Waals surface area contributed by atoms with Gasteiger partial charge in [0, 0.05) is 27.6 Å². The van der Waals surface area contributed by atoms with Gasteiger partial charge in [0.05, 0.1) is 5.92 Å². The molecule has 0 radical (unpaired) electrons. The van der Waals surface area contributed by atoms with Gasteiger partial charge in [0.15, 0.2) is 0 Å². The number of nitrogens with one attached hydrogen (secondary N) is 1. The van der Waals surface area contributed by atoms with Crippen molar-refractivity contribution in [3.05, 3.63) is 86.1 Å². The Morgan fingerprint density at radius 3 is 2.45 bits per heavy atom. The number of halogens is 2. The molecule has 0 fully saturated rings. The van der Waals surface area contributed by atoms with Crippen molar-refractivity contribution < 1.29 is 13.6 Å². The molecule has 0 bridgehead atoms. The van der Waals surface area contributed by atoms with Crippen molar-refractivity contribution >= 4 is 30.9 Å². The second kappa shape index (κ2) is 8.33. The number of rotatable bonds is 3. The molecule has 31 heavy (non-hydrogen) atoms. The second-order valence-electron chi connectivity index (χ2n) is 8.33. The quantitative estimate of drug-likeness (QED) is 0.455. The molecule has 4 atom stereocenters. The first-order chi connectivity index (χ1) is 14.6. The van der Waals surface area contributed by atoms with Crippen molar-refractivity contribution in [3.8, 4) is 5.75 Å². The van der Waals surface area contributed by atoms with E-state index in [0.717, 1.165) is 32.9 Å². The standard InChI is InChI=1S/C24H26Cl2NO3P/c1-13-11-19-21(15(3)23(13)25)22-16(4)24(26)14(2)12-20(22)30-31(28,29-19)27-17(5)18-9-7-6-8-10-18/h6-12,15,17,21H,1-5H3,(H,27,28)/t15?,17-,21?,31?/m0/s1. The Morgan fingerprint density at radius 1 is 1.10 bits per heavy atom. The van der Waals surface area contributed by atoms with Crippen LogP contribution >= 0.6 is 30.9 Å². The summed E-state index contributed by atoms with van der Waals surface area (Å²) < 4.78 is 26.3. The Labute approximate surface area is 193 Å². The number of aryl methyl sites for hydroxylation is 1. The van der Waals surface area contributed by atoms with E-state index in [-0.39, 0.29) is 17.9 Å². The largest absolute Gasteiger partial charge is 0.513 e. The Hall–Kier alpha value is -1.71. The molecule has 1 aliphatic carbocycles. The van der Waals surface area contributed by atoms with E-state index >= 15 is 0 Å². The van der Waals surface area contributed by atoms with Gasteiger partial charge in [0.1, 0.15) is 11.5 Å². The highest BCUT2D eigenvalue weighted by atomic mass is 35.5. The van der Waals surface area contributed by atoms with Gasteiger partial charge >= 0.3 is 7.75 Å². The van der Waals surface area contributed by atoms with Crippen molar-refractivity contribution in [2.24, 2.45) is 5.92 Å². The van der Waals surface area contributed by atoms with E-state index in [0.29, 0.717) is 16.5 Å². The van der Waals surface area contributed by atoms with Gasteiger partial charge in [0.2, 0.25) is 0 Å². The van der Waals surface area contributed by atoms with Gasteiger partial charge in [0.25, 0.3) is 0 Å². The van der Waals surface area contributed by atoms with Crippen molar-refractivity contribution in [2.75, 3.05) is 0 Å². The van der Waals surface area contributed by atoms with Gasteiger partial charge < -0.3 is 9.05 Å². The minimum Gasteiger partial charge on any atom is -0.408 e. The fraction of sp³-hybridized carbons (Fsp3) is 0.333. The van der Waals surface area contributed by atoms with Crippen LogP contribution in [0.2, 0.25) is 5.02 Å². The molecule has 1 N–H and O–H groups in total. The van der Waals surface area contributed by atoms with Gasteiger partial charge in [-0.2, -0.15) is 5.09 Å². The minimum atomic E-state index is -3.75. The molecule has 1 aliphatic heterocycles. The fourth-order valence-electron chi connectivity index (χ4n) is 4.39. The second-order valence-corrected chi connectivity index (χ2v) is 10.7. The molecule has 7 heteroatoms. The molecule has 164 valence electrons. The average molecular weight is 478 g/mol. The molecule has 0 aromatic heterocycles. The summed E-state index contributed by atoms with van der Waals surface area (Å²) in [6, 6.07) is 11.4. The van der Waals surface area contributed by atoms with Crippen molar-refractivity contribution in [2.45, 2.75) is 46.6 Å². The molecule has 0 spiro atoms. The summed E-state index contributed by atoms with van der Waals surface area (Å²) >= 11 is 13.2. The summed E-state index contributed by atoms with van der Waals surface area (Å²) in [6.07, 6.45) is 1.86. The van der Waals surface area contributed by atoms with E-state index < -0.39 is 7.75 Å². The Balaban J connectivity index is 1.85. The molecule has 0 saturated carbocycles. The summed E-state index contributed by atoms with van der Waals surface area (Å²) in [6.45, 7) is 9.77. The molecule has 2 aliphatic rings. The fourth-order valence-corrected chi connectivity index (χ4v) is 6.35. The molecule has 4 rings (SSSR count). The lowest BCUT2D eigenvalue weighted by Gasteiger charge is -2.31. The van der Waals surface area contributed by atoms with Gasteiger partial charge in [-0.3, -0.25) is 0 Å². The van der Waals surface area contributed by atoms with Crippen LogP contribution in [0.5, 0.6) is 5.75 Å². The third-order valence-electron chi connectivity index (χ3n) is 6.04. The van der Waals surface area contributed by atoms with Crippen LogP contribution in [0.25, 0.3) is 0 Å². The van der Waals surface area contributed by atoms with Crippen molar-refractivity contribution in [1.29, 1.82) is 0 Å². The Morgan fingerprint density at radius 2 is 1.77 bits per heavy atom. The van der Waals surface area contributed by atoms with Crippen LogP contribution < -0.4 is 9.61 Å². The number of allylic oxidation sites excluding steroid dienone is 4. The maximum absolute atomic E-state index is 14.0. The summed E-state index contributed by atoms with van der Waals surface area (Å²) in [7, 11) is -3.75. The number of hydrogen-bond donors (Lipinski definition) is 1. The third kappa shape index (κ3) is 4.07. The maximum Gasteiger partial charge on any atom is 0.513 e. The smallest absolute Gasteiger partial charge is 0.408 e. The van der Waals surface area contributed by atoms with Crippen molar-refractivity contribution in [3.63, 3.8) is 0 Å². The van der Waals surface area contributed by atoms with Crippen molar-refractivity contribution in [1.82, 2.24) is 5.09 Å². The highest BCUT2D eigenvalue weighted by molar-refractivity contribution is 7.52. The number of fused-ring (bicyclic) bond motifs is 3. The molecule has 4 nitrogen and oxygen atoms in total. The van der Waals surface area contributed by atoms with Crippen LogP contribution in [0, 0.1) is 19.8 Å². The minimum absolute atomic E-state index is 0.0698. The van der Waals surface area contributed by atoms with Crippen LogP contribution in [0.15, 0.2) is 58.8 Å². The summed E-state index contributed by atoms with van der Waals surface area (Å²) in [5, 5.41) is 4.53. The Kier molecular flexibility index (Phi) is 6.04. The SMILES string of the molecule is CC1=C(Cl)C(C)C2C(=C1)OP(=O)(N[C@@H](C)c1ccccc1)Oc1cc(C)c(Cl)c(C)c12. The van der Waals surface area contributed by atoms with Crippen LogP contribution in [0.3, 0.4) is 0 Å². The lowest BCUT2D eigenvalue weighted by molar-refractivity contribution is 0.298. The van der Waals surface area contributed by atoms with Gasteiger partial charge in [-0.1, -0.05) is 60.5 Å². The molecule has 0 amide bonds. The molecule has 0 saturated heterocycles. The monoisotopic (exact) mass is 477 g/mol. The normalized spacial score (nSPS) is 26.1. The van der Waals surface area contributed by atoms with E-state index in [1.165, 1.54) is 0 Å². The molecule has 2 aromatic rings. The predicted molar refractivity (Wildman–Crippen MR) is 127 cm³/mol. The first-order valence-electron chi connectivity index (χ1n) is 10.3. The first-order valence-corrected chi connectivity index (χ1v) is 12.6. The highest BCUT2D eigenvalue weighted by Crippen LogP contribution is 2.60. The van der Waals surface area contributed by atoms with E-state index in [1.54, 1.807) is 0 Å². The van der Waals surface area contributed by atoms with Gasteiger partial charge in [-0.15, -0.1) is 0 Å². The third-order valence-corrected chi connectivity index (χ3v) is 8.86. The summed E-state index contributed by atoms with van der Waals surface area (Å²) in [5.41, 5.74) is 4.49. The zero-order valence-electron chi connectivity index (χ0n) is 18.2. The van der Waals surface area contributed by atoms with Crippen LogP contribution in [-0.2, 0) is 9.09 Å². The van der Waals surface area contributed by atoms with Crippen LogP contribution in [-0.4, -0.2) is 0 Å². The molecule has 2 aromatic carbocycles. The summed E-state index contributed by atoms with van der Waals surface area (Å²) in [4.78, 5) is 0. The average Bonchev–Trinajstić information content (AvgIpc) is 2.84. The lowest BCUT2D eigenvalue weighted by atomic mass is 9.78. The van der Waals surface area contributed by atoms with Gasteiger partial charge in [-0.25, -0.2) is 4.57 Å². The number of benzene rings is 2. The lowest BCUT2D eigenvalue weighted by Crippen LogP contribution is -2.21. The topological polar surface area (TPSA) is 47.6 Å². The van der Waals surface area contributed by atoms with E-state index in [9.17, 15) is 4.57 Å². The Bertz CT molecular complexity index is 1140. The van der Waals surface area contributed by atoms with E-state index in [1.807, 2.05) is 77.1 Å². The van der Waals surface area contributed by atoms with Gasteiger partial charge in [-0.05, 0) is 62.1 Å². The first kappa shape index (κ1) is 22.5. The van der Waals surface area contributed by atoms with Crippen LogP contribution in [0.1, 0.15) is 55.0 Å².